The normalized spacial score (nSPS) is 12.5. The van der Waals surface area contributed by atoms with Gasteiger partial charge in [0.25, 0.3) is 0 Å². The van der Waals surface area contributed by atoms with Crippen LogP contribution in [0.3, 0.4) is 0 Å². The fourth-order valence-electron chi connectivity index (χ4n) is 8.60. The first-order valence-corrected chi connectivity index (χ1v) is 30.4. The third-order valence-corrected chi connectivity index (χ3v) is 13.2. The van der Waals surface area contributed by atoms with E-state index in [0.29, 0.717) is 19.3 Å². The summed E-state index contributed by atoms with van der Waals surface area (Å²) >= 11 is 0. The molecule has 0 amide bonds. The summed E-state index contributed by atoms with van der Waals surface area (Å²) < 4.78 is 16.8. The van der Waals surface area contributed by atoms with Crippen molar-refractivity contribution < 1.29 is 28.6 Å². The topological polar surface area (TPSA) is 78.9 Å². The Morgan fingerprint density at radius 2 is 0.549 bits per heavy atom. The van der Waals surface area contributed by atoms with Crippen molar-refractivity contribution in [2.24, 2.45) is 0 Å². The predicted octanol–water partition coefficient (Wildman–Crippen LogP) is 20.5. The molecule has 1 atom stereocenters. The van der Waals surface area contributed by atoms with Crippen molar-refractivity contribution in [2.45, 2.75) is 309 Å². The highest BCUT2D eigenvalue weighted by Gasteiger charge is 2.19. The molecular weight excluding hydrogens is 877 g/mol. The van der Waals surface area contributed by atoms with Crippen molar-refractivity contribution in [3.05, 3.63) is 72.9 Å². The van der Waals surface area contributed by atoms with Crippen molar-refractivity contribution >= 4 is 17.9 Å². The van der Waals surface area contributed by atoms with Gasteiger partial charge in [-0.05, 0) is 109 Å². The average Bonchev–Trinajstić information content (AvgIpc) is 3.37. The Morgan fingerprint density at radius 1 is 0.296 bits per heavy atom. The van der Waals surface area contributed by atoms with Crippen LogP contribution in [0.4, 0.5) is 0 Å². The summed E-state index contributed by atoms with van der Waals surface area (Å²) in [6.45, 7) is 6.49. The highest BCUT2D eigenvalue weighted by molar-refractivity contribution is 5.71. The van der Waals surface area contributed by atoms with Crippen LogP contribution in [0.5, 0.6) is 0 Å². The van der Waals surface area contributed by atoms with Gasteiger partial charge in [-0.1, -0.05) is 248 Å². The molecule has 0 saturated carbocycles. The molecule has 0 radical (unpaired) electrons. The number of allylic oxidation sites excluding steroid dienone is 12. The minimum Gasteiger partial charge on any atom is -0.462 e. The van der Waals surface area contributed by atoms with E-state index in [2.05, 4.69) is 93.7 Å². The molecule has 0 fully saturated rings. The number of esters is 3. The molecule has 0 rings (SSSR count). The molecule has 0 aliphatic heterocycles. The monoisotopic (exact) mass is 991 g/mol. The summed E-state index contributed by atoms with van der Waals surface area (Å²) in [5.74, 6) is -0.925. The zero-order valence-corrected chi connectivity index (χ0v) is 47.0. The quantitative estimate of drug-likeness (QED) is 0.0261. The fraction of sp³-hybridized carbons (Fsp3) is 0.769. The second-order valence-electron chi connectivity index (χ2n) is 20.2. The molecule has 0 aliphatic rings. The number of carbonyl (C=O) groups is 3. The van der Waals surface area contributed by atoms with Gasteiger partial charge in [-0.3, -0.25) is 14.4 Å². The second kappa shape index (κ2) is 59.4. The molecule has 1 unspecified atom stereocenters. The Labute approximate surface area is 440 Å². The zero-order valence-electron chi connectivity index (χ0n) is 47.0. The van der Waals surface area contributed by atoms with Gasteiger partial charge >= 0.3 is 17.9 Å². The summed E-state index contributed by atoms with van der Waals surface area (Å²) in [4.78, 5) is 38.2. The smallest absolute Gasteiger partial charge is 0.306 e. The highest BCUT2D eigenvalue weighted by Crippen LogP contribution is 2.16. The minimum atomic E-state index is -0.795. The van der Waals surface area contributed by atoms with Crippen LogP contribution < -0.4 is 0 Å². The molecule has 0 N–H and O–H groups in total. The molecule has 0 spiro atoms. The van der Waals surface area contributed by atoms with Gasteiger partial charge in [-0.2, -0.15) is 0 Å². The number of ether oxygens (including phenoxy) is 3. The van der Waals surface area contributed by atoms with Gasteiger partial charge < -0.3 is 14.2 Å². The van der Waals surface area contributed by atoms with Crippen molar-refractivity contribution in [1.29, 1.82) is 0 Å². The number of hydrogen-bond donors (Lipinski definition) is 0. The molecule has 0 heterocycles. The molecule has 0 aliphatic carbocycles. The lowest BCUT2D eigenvalue weighted by molar-refractivity contribution is -0.167. The summed E-state index contributed by atoms with van der Waals surface area (Å²) in [6, 6.07) is 0. The highest BCUT2D eigenvalue weighted by atomic mass is 16.6. The van der Waals surface area contributed by atoms with Crippen molar-refractivity contribution in [1.82, 2.24) is 0 Å². The summed E-state index contributed by atoms with van der Waals surface area (Å²) in [5, 5.41) is 0. The van der Waals surface area contributed by atoms with E-state index in [1.54, 1.807) is 0 Å². The molecule has 0 aromatic heterocycles. The van der Waals surface area contributed by atoms with Gasteiger partial charge in [-0.15, -0.1) is 0 Å². The van der Waals surface area contributed by atoms with Gasteiger partial charge in [0, 0.05) is 19.3 Å². The van der Waals surface area contributed by atoms with Gasteiger partial charge in [0.05, 0.1) is 0 Å². The van der Waals surface area contributed by atoms with Crippen LogP contribution in [0.2, 0.25) is 0 Å². The Morgan fingerprint density at radius 3 is 0.915 bits per heavy atom. The lowest BCUT2D eigenvalue weighted by Gasteiger charge is -2.18. The van der Waals surface area contributed by atoms with E-state index >= 15 is 0 Å². The summed E-state index contributed by atoms with van der Waals surface area (Å²) in [7, 11) is 0. The van der Waals surface area contributed by atoms with Crippen molar-refractivity contribution in [3.63, 3.8) is 0 Å². The number of unbranched alkanes of at least 4 members (excludes halogenated alkanes) is 32. The van der Waals surface area contributed by atoms with Crippen molar-refractivity contribution in [2.75, 3.05) is 13.2 Å². The molecule has 410 valence electrons. The maximum Gasteiger partial charge on any atom is 0.306 e. The Bertz CT molecular complexity index is 1320. The molecule has 0 saturated heterocycles. The fourth-order valence-corrected chi connectivity index (χ4v) is 8.60. The Balaban J connectivity index is 4.29. The molecule has 0 aromatic carbocycles. The minimum absolute atomic E-state index is 0.0895. The van der Waals surface area contributed by atoms with Crippen LogP contribution in [0.25, 0.3) is 0 Å². The van der Waals surface area contributed by atoms with E-state index in [4.69, 9.17) is 14.2 Å². The third-order valence-electron chi connectivity index (χ3n) is 13.2. The maximum absolute atomic E-state index is 12.8. The summed E-state index contributed by atoms with van der Waals surface area (Å²) in [6.07, 6.45) is 76.3. The van der Waals surface area contributed by atoms with Crippen LogP contribution in [0.15, 0.2) is 72.9 Å². The largest absolute Gasteiger partial charge is 0.462 e. The van der Waals surface area contributed by atoms with E-state index in [0.717, 1.165) is 109 Å². The molecule has 6 heteroatoms. The Hall–Kier alpha value is -3.15. The SMILES string of the molecule is CC/C=C\C/C=C\C/C=C\CCCCCC(=O)OCC(COC(=O)CCCCCCCCCCCCCCC/C=C\CCCCCCCCCC)OC(=O)CCCCCCC/C=C\C/C=C\CCCCC. The molecule has 71 heavy (non-hydrogen) atoms. The first-order valence-electron chi connectivity index (χ1n) is 30.4. The van der Waals surface area contributed by atoms with Crippen LogP contribution in [0, 0.1) is 0 Å². The Kier molecular flexibility index (Phi) is 56.8. The van der Waals surface area contributed by atoms with E-state index < -0.39 is 6.10 Å². The van der Waals surface area contributed by atoms with Crippen LogP contribution in [-0.2, 0) is 28.6 Å². The van der Waals surface area contributed by atoms with E-state index in [1.807, 2.05) is 0 Å². The molecule has 0 aromatic rings. The standard InChI is InChI=1S/C65H114O6/c1-4-7-10-13-16-19-22-25-27-28-29-30-31-32-33-34-35-36-38-40-43-46-49-52-55-58-64(67)70-61-62(60-69-63(66)57-54-51-48-45-42-39-24-21-18-15-12-9-6-3)71-65(68)59-56-53-50-47-44-41-37-26-23-20-17-14-11-8-5-2/h9,12,17-18,20-21,26,28-29,37,39,42,62H,4-8,10-11,13-16,19,22-25,27,30-36,38,40-41,43-61H2,1-3H3/b12-9-,20-17-,21-18-,29-28-,37-26-,42-39-. The van der Waals surface area contributed by atoms with E-state index in [1.165, 1.54) is 154 Å². The van der Waals surface area contributed by atoms with Gasteiger partial charge in [0.15, 0.2) is 6.10 Å². The number of carbonyl (C=O) groups excluding carboxylic acids is 3. The second-order valence-corrected chi connectivity index (χ2v) is 20.2. The van der Waals surface area contributed by atoms with E-state index in [-0.39, 0.29) is 31.1 Å². The third kappa shape index (κ3) is 57.6. The zero-order chi connectivity index (χ0) is 51.4. The molecular formula is C65H114O6. The maximum atomic E-state index is 12.8. The van der Waals surface area contributed by atoms with Gasteiger partial charge in [-0.25, -0.2) is 0 Å². The first-order chi connectivity index (χ1) is 35.0. The predicted molar refractivity (Wildman–Crippen MR) is 307 cm³/mol. The van der Waals surface area contributed by atoms with Gasteiger partial charge in [0.2, 0.25) is 0 Å². The number of hydrogen-bond acceptors (Lipinski definition) is 6. The first kappa shape index (κ1) is 67.8. The molecule has 0 bridgehead atoms. The summed E-state index contributed by atoms with van der Waals surface area (Å²) in [5.41, 5.74) is 0. The van der Waals surface area contributed by atoms with Crippen LogP contribution >= 0.6 is 0 Å². The van der Waals surface area contributed by atoms with Crippen molar-refractivity contribution in [3.8, 4) is 0 Å². The lowest BCUT2D eigenvalue weighted by atomic mass is 10.0. The average molecular weight is 992 g/mol. The number of rotatable bonds is 55. The van der Waals surface area contributed by atoms with E-state index in [9.17, 15) is 14.4 Å². The van der Waals surface area contributed by atoms with Gasteiger partial charge in [0.1, 0.15) is 13.2 Å². The van der Waals surface area contributed by atoms with Crippen LogP contribution in [0.1, 0.15) is 303 Å². The lowest BCUT2D eigenvalue weighted by Crippen LogP contribution is -2.30. The van der Waals surface area contributed by atoms with Crippen LogP contribution in [-0.4, -0.2) is 37.2 Å². The molecule has 6 nitrogen and oxygen atoms in total.